The van der Waals surface area contributed by atoms with Gasteiger partial charge in [-0.3, -0.25) is 0 Å². The number of hydrogen-bond acceptors (Lipinski definition) is 2. The standard InChI is InChI=1S/C15H13ClF3NO/c1-20(2)12-8-10(7-11(16)9-12)13-5-3-4-6-14(13)21-15(17,18)19/h3-9H,1-2H3. The third-order valence-electron chi connectivity index (χ3n) is 2.82. The number of para-hydroxylation sites is 1. The number of alkyl halides is 3. The second-order valence-corrected chi connectivity index (χ2v) is 5.07. The summed E-state index contributed by atoms with van der Waals surface area (Å²) in [5.41, 5.74) is 1.69. The molecular formula is C15H13ClF3NO. The molecule has 0 aromatic heterocycles. The van der Waals surface area contributed by atoms with Gasteiger partial charge in [0.15, 0.2) is 0 Å². The molecule has 0 saturated heterocycles. The monoisotopic (exact) mass is 315 g/mol. The predicted molar refractivity (Wildman–Crippen MR) is 77.9 cm³/mol. The molecule has 0 radical (unpaired) electrons. The van der Waals surface area contributed by atoms with E-state index >= 15 is 0 Å². The Morgan fingerprint density at radius 2 is 1.71 bits per heavy atom. The Morgan fingerprint density at radius 3 is 2.33 bits per heavy atom. The lowest BCUT2D eigenvalue weighted by molar-refractivity contribution is -0.274. The van der Waals surface area contributed by atoms with Crippen molar-refractivity contribution >= 4 is 17.3 Å². The molecule has 0 N–H and O–H groups in total. The van der Waals surface area contributed by atoms with Gasteiger partial charge in [-0.05, 0) is 29.8 Å². The largest absolute Gasteiger partial charge is 0.573 e. The molecule has 2 aromatic rings. The Kier molecular flexibility index (Phi) is 4.32. The second kappa shape index (κ2) is 5.85. The molecule has 0 aliphatic heterocycles. The molecule has 0 aliphatic rings. The topological polar surface area (TPSA) is 12.5 Å². The highest BCUT2D eigenvalue weighted by atomic mass is 35.5. The minimum absolute atomic E-state index is 0.253. The molecule has 0 spiro atoms. The summed E-state index contributed by atoms with van der Waals surface area (Å²) in [6.45, 7) is 0. The molecule has 0 fully saturated rings. The number of benzene rings is 2. The van der Waals surface area contributed by atoms with Crippen LogP contribution >= 0.6 is 11.6 Å². The van der Waals surface area contributed by atoms with Crippen LogP contribution in [0.4, 0.5) is 18.9 Å². The van der Waals surface area contributed by atoms with Crippen LogP contribution in [0.3, 0.4) is 0 Å². The zero-order valence-corrected chi connectivity index (χ0v) is 12.2. The quantitative estimate of drug-likeness (QED) is 0.792. The summed E-state index contributed by atoms with van der Waals surface area (Å²) in [5.74, 6) is -0.253. The fourth-order valence-electron chi connectivity index (χ4n) is 1.91. The minimum Gasteiger partial charge on any atom is -0.405 e. The van der Waals surface area contributed by atoms with Gasteiger partial charge in [-0.2, -0.15) is 0 Å². The van der Waals surface area contributed by atoms with E-state index in [1.54, 1.807) is 30.3 Å². The third-order valence-corrected chi connectivity index (χ3v) is 3.04. The van der Waals surface area contributed by atoms with E-state index < -0.39 is 6.36 Å². The summed E-state index contributed by atoms with van der Waals surface area (Å²) < 4.78 is 41.5. The fraction of sp³-hybridized carbons (Fsp3) is 0.200. The highest BCUT2D eigenvalue weighted by Gasteiger charge is 2.32. The SMILES string of the molecule is CN(C)c1cc(Cl)cc(-c2ccccc2OC(F)(F)F)c1. The summed E-state index contributed by atoms with van der Waals surface area (Å²) in [6.07, 6.45) is -4.74. The second-order valence-electron chi connectivity index (χ2n) is 4.64. The number of rotatable bonds is 3. The van der Waals surface area contributed by atoms with Crippen LogP contribution in [0.1, 0.15) is 0 Å². The Labute approximate surface area is 125 Å². The van der Waals surface area contributed by atoms with E-state index in [2.05, 4.69) is 4.74 Å². The molecule has 0 atom stereocenters. The van der Waals surface area contributed by atoms with E-state index in [-0.39, 0.29) is 5.75 Å². The molecule has 0 aliphatic carbocycles. The third kappa shape index (κ3) is 4.04. The maximum absolute atomic E-state index is 12.5. The minimum atomic E-state index is -4.74. The van der Waals surface area contributed by atoms with Gasteiger partial charge in [0.05, 0.1) is 0 Å². The van der Waals surface area contributed by atoms with Crippen LogP contribution in [0.25, 0.3) is 11.1 Å². The normalized spacial score (nSPS) is 11.3. The Balaban J connectivity index is 2.52. The molecule has 2 nitrogen and oxygen atoms in total. The summed E-state index contributed by atoms with van der Waals surface area (Å²) in [7, 11) is 3.65. The molecule has 0 bridgehead atoms. The van der Waals surface area contributed by atoms with E-state index in [9.17, 15) is 13.2 Å². The van der Waals surface area contributed by atoms with Crippen LogP contribution in [0.5, 0.6) is 5.75 Å². The zero-order valence-electron chi connectivity index (χ0n) is 11.4. The lowest BCUT2D eigenvalue weighted by Crippen LogP contribution is -2.17. The molecule has 0 unspecified atom stereocenters. The first-order chi connectivity index (χ1) is 9.76. The van der Waals surface area contributed by atoms with E-state index in [1.165, 1.54) is 12.1 Å². The van der Waals surface area contributed by atoms with Gasteiger partial charge in [0.2, 0.25) is 0 Å². The van der Waals surface area contributed by atoms with Gasteiger partial charge in [0, 0.05) is 30.4 Å². The van der Waals surface area contributed by atoms with Gasteiger partial charge in [0.1, 0.15) is 5.75 Å². The van der Waals surface area contributed by atoms with Crippen molar-refractivity contribution in [2.24, 2.45) is 0 Å². The Hall–Kier alpha value is -1.88. The molecule has 112 valence electrons. The summed E-state index contributed by atoms with van der Waals surface area (Å²) in [6, 6.07) is 11.1. The van der Waals surface area contributed by atoms with Gasteiger partial charge in [-0.15, -0.1) is 13.2 Å². The fourth-order valence-corrected chi connectivity index (χ4v) is 2.14. The smallest absolute Gasteiger partial charge is 0.405 e. The maximum atomic E-state index is 12.5. The first-order valence-electron chi connectivity index (χ1n) is 6.09. The average Bonchev–Trinajstić information content (AvgIpc) is 2.36. The van der Waals surface area contributed by atoms with Crippen LogP contribution in [0.15, 0.2) is 42.5 Å². The Morgan fingerprint density at radius 1 is 1.05 bits per heavy atom. The number of nitrogens with zero attached hydrogens (tertiary/aromatic N) is 1. The highest BCUT2D eigenvalue weighted by molar-refractivity contribution is 6.31. The van der Waals surface area contributed by atoms with Crippen molar-refractivity contribution in [1.29, 1.82) is 0 Å². The molecule has 0 heterocycles. The van der Waals surface area contributed by atoms with E-state index in [4.69, 9.17) is 11.6 Å². The first kappa shape index (κ1) is 15.5. The molecule has 21 heavy (non-hydrogen) atoms. The first-order valence-corrected chi connectivity index (χ1v) is 6.47. The van der Waals surface area contributed by atoms with Gasteiger partial charge in [-0.1, -0.05) is 29.8 Å². The van der Waals surface area contributed by atoms with Crippen molar-refractivity contribution in [3.8, 4) is 16.9 Å². The van der Waals surface area contributed by atoms with Crippen LogP contribution in [-0.2, 0) is 0 Å². The van der Waals surface area contributed by atoms with Crippen LogP contribution < -0.4 is 9.64 Å². The molecule has 2 rings (SSSR count). The van der Waals surface area contributed by atoms with Crippen LogP contribution in [0, 0.1) is 0 Å². The van der Waals surface area contributed by atoms with Crippen molar-refractivity contribution in [1.82, 2.24) is 0 Å². The zero-order chi connectivity index (χ0) is 15.6. The average molecular weight is 316 g/mol. The van der Waals surface area contributed by atoms with E-state index in [0.29, 0.717) is 16.1 Å². The molecule has 0 amide bonds. The Bertz CT molecular complexity index is 641. The van der Waals surface area contributed by atoms with Gasteiger partial charge < -0.3 is 9.64 Å². The summed E-state index contributed by atoms with van der Waals surface area (Å²) >= 11 is 6.04. The summed E-state index contributed by atoms with van der Waals surface area (Å²) in [5, 5.41) is 0.443. The van der Waals surface area contributed by atoms with Gasteiger partial charge >= 0.3 is 6.36 Å². The van der Waals surface area contributed by atoms with Crippen LogP contribution in [0.2, 0.25) is 5.02 Å². The number of anilines is 1. The van der Waals surface area contributed by atoms with Gasteiger partial charge in [0.25, 0.3) is 0 Å². The highest BCUT2D eigenvalue weighted by Crippen LogP contribution is 2.36. The van der Waals surface area contributed by atoms with E-state index in [1.807, 2.05) is 19.0 Å². The number of hydrogen-bond donors (Lipinski definition) is 0. The lowest BCUT2D eigenvalue weighted by atomic mass is 10.0. The van der Waals surface area contributed by atoms with Crippen LogP contribution in [-0.4, -0.2) is 20.5 Å². The maximum Gasteiger partial charge on any atom is 0.573 e. The molecule has 6 heteroatoms. The number of halogens is 4. The lowest BCUT2D eigenvalue weighted by Gasteiger charge is -2.17. The van der Waals surface area contributed by atoms with Gasteiger partial charge in [-0.25, -0.2) is 0 Å². The van der Waals surface area contributed by atoms with Crippen molar-refractivity contribution in [2.45, 2.75) is 6.36 Å². The van der Waals surface area contributed by atoms with Crippen molar-refractivity contribution < 1.29 is 17.9 Å². The molecule has 0 saturated carbocycles. The molecule has 2 aromatic carbocycles. The van der Waals surface area contributed by atoms with E-state index in [0.717, 1.165) is 5.69 Å². The predicted octanol–water partition coefficient (Wildman–Crippen LogP) is 4.97. The summed E-state index contributed by atoms with van der Waals surface area (Å²) in [4.78, 5) is 1.82. The van der Waals surface area contributed by atoms with Crippen molar-refractivity contribution in [3.63, 3.8) is 0 Å². The molecular weight excluding hydrogens is 303 g/mol. The van der Waals surface area contributed by atoms with Crippen molar-refractivity contribution in [2.75, 3.05) is 19.0 Å². The number of ether oxygens (including phenoxy) is 1. The van der Waals surface area contributed by atoms with Crippen molar-refractivity contribution in [3.05, 3.63) is 47.5 Å².